The number of anilines is 1. The highest BCUT2D eigenvalue weighted by Gasteiger charge is 2.10. The van der Waals surface area contributed by atoms with Gasteiger partial charge < -0.3 is 19.5 Å². The maximum atomic E-state index is 12.1. The van der Waals surface area contributed by atoms with Crippen LogP contribution >= 0.6 is 0 Å². The summed E-state index contributed by atoms with van der Waals surface area (Å²) in [5.74, 6) is -0.123. The van der Waals surface area contributed by atoms with Crippen molar-refractivity contribution in [1.82, 2.24) is 0 Å². The first kappa shape index (κ1) is 20.5. The quantitative estimate of drug-likeness (QED) is 0.539. The average molecular weight is 371 g/mol. The SMILES string of the molecule is CCOCCOC(=O)c1cccc(NC(=O)COc2cc(C)cc(C)c2)c1. The number of amides is 1. The lowest BCUT2D eigenvalue weighted by Crippen LogP contribution is -2.20. The smallest absolute Gasteiger partial charge is 0.338 e. The molecule has 0 aromatic heterocycles. The summed E-state index contributed by atoms with van der Waals surface area (Å²) in [6.07, 6.45) is 0. The third kappa shape index (κ3) is 7.11. The van der Waals surface area contributed by atoms with Crippen LogP contribution < -0.4 is 10.1 Å². The summed E-state index contributed by atoms with van der Waals surface area (Å²) in [4.78, 5) is 24.1. The molecule has 2 aromatic carbocycles. The number of hydrogen-bond acceptors (Lipinski definition) is 5. The topological polar surface area (TPSA) is 73.9 Å². The van der Waals surface area contributed by atoms with Crippen molar-refractivity contribution in [2.45, 2.75) is 20.8 Å². The van der Waals surface area contributed by atoms with Crippen LogP contribution in [0.1, 0.15) is 28.4 Å². The van der Waals surface area contributed by atoms with Crippen LogP contribution in [-0.4, -0.2) is 38.3 Å². The highest BCUT2D eigenvalue weighted by molar-refractivity contribution is 5.95. The summed E-state index contributed by atoms with van der Waals surface area (Å²) < 4.78 is 15.8. The zero-order chi connectivity index (χ0) is 19.6. The van der Waals surface area contributed by atoms with Gasteiger partial charge in [-0.1, -0.05) is 12.1 Å². The van der Waals surface area contributed by atoms with Crippen molar-refractivity contribution in [2.24, 2.45) is 0 Å². The van der Waals surface area contributed by atoms with Gasteiger partial charge in [0.25, 0.3) is 5.91 Å². The van der Waals surface area contributed by atoms with Crippen molar-refractivity contribution in [2.75, 3.05) is 31.7 Å². The van der Waals surface area contributed by atoms with Crippen molar-refractivity contribution in [3.05, 3.63) is 59.2 Å². The Labute approximate surface area is 159 Å². The Morgan fingerprint density at radius 2 is 1.74 bits per heavy atom. The van der Waals surface area contributed by atoms with Gasteiger partial charge in [-0.25, -0.2) is 4.79 Å². The fourth-order valence-electron chi connectivity index (χ4n) is 2.51. The first-order valence-electron chi connectivity index (χ1n) is 8.84. The molecule has 6 heteroatoms. The van der Waals surface area contributed by atoms with E-state index in [-0.39, 0.29) is 19.1 Å². The molecular formula is C21H25NO5. The van der Waals surface area contributed by atoms with Crippen LogP contribution in [0, 0.1) is 13.8 Å². The summed E-state index contributed by atoms with van der Waals surface area (Å²) in [6.45, 7) is 6.81. The second-order valence-corrected chi connectivity index (χ2v) is 6.07. The molecule has 0 aliphatic rings. The van der Waals surface area contributed by atoms with Crippen LogP contribution in [0.25, 0.3) is 0 Å². The van der Waals surface area contributed by atoms with E-state index in [0.29, 0.717) is 30.2 Å². The maximum absolute atomic E-state index is 12.1. The first-order valence-corrected chi connectivity index (χ1v) is 8.84. The number of rotatable bonds is 9. The number of benzene rings is 2. The molecule has 2 aromatic rings. The van der Waals surface area contributed by atoms with Crippen LogP contribution in [0.4, 0.5) is 5.69 Å². The standard InChI is InChI=1S/C21H25NO5/c1-4-25-8-9-26-21(24)17-6-5-7-18(13-17)22-20(23)14-27-19-11-15(2)10-16(3)12-19/h5-7,10-13H,4,8-9,14H2,1-3H3,(H,22,23). The first-order chi connectivity index (χ1) is 13.0. The number of nitrogens with one attached hydrogen (secondary N) is 1. The molecule has 0 atom stereocenters. The van der Waals surface area contributed by atoms with Crippen LogP contribution in [0.5, 0.6) is 5.75 Å². The molecule has 0 saturated carbocycles. The second-order valence-electron chi connectivity index (χ2n) is 6.07. The van der Waals surface area contributed by atoms with Gasteiger partial charge in [0, 0.05) is 12.3 Å². The maximum Gasteiger partial charge on any atom is 0.338 e. The number of carbonyl (C=O) groups is 2. The zero-order valence-corrected chi connectivity index (χ0v) is 15.9. The molecule has 0 aliphatic heterocycles. The summed E-state index contributed by atoms with van der Waals surface area (Å²) in [6, 6.07) is 12.4. The molecule has 0 unspecified atom stereocenters. The molecule has 1 amide bonds. The molecule has 0 spiro atoms. The Balaban J connectivity index is 1.87. The Morgan fingerprint density at radius 3 is 2.44 bits per heavy atom. The van der Waals surface area contributed by atoms with Gasteiger partial charge in [-0.3, -0.25) is 4.79 Å². The lowest BCUT2D eigenvalue weighted by Gasteiger charge is -2.10. The number of carbonyl (C=O) groups excluding carboxylic acids is 2. The van der Waals surface area contributed by atoms with Gasteiger partial charge >= 0.3 is 5.97 Å². The fraction of sp³-hybridized carbons (Fsp3) is 0.333. The molecule has 0 aliphatic carbocycles. The number of ether oxygens (including phenoxy) is 3. The van der Waals surface area contributed by atoms with Crippen molar-refractivity contribution < 1.29 is 23.8 Å². The van der Waals surface area contributed by atoms with E-state index in [1.165, 1.54) is 0 Å². The normalized spacial score (nSPS) is 10.3. The third-order valence-corrected chi connectivity index (χ3v) is 3.61. The zero-order valence-electron chi connectivity index (χ0n) is 15.9. The Bertz CT molecular complexity index is 768. The molecule has 0 bridgehead atoms. The minimum atomic E-state index is -0.461. The summed E-state index contributed by atoms with van der Waals surface area (Å²) in [7, 11) is 0. The number of aryl methyl sites for hydroxylation is 2. The largest absolute Gasteiger partial charge is 0.484 e. The van der Waals surface area contributed by atoms with E-state index in [2.05, 4.69) is 5.32 Å². The van der Waals surface area contributed by atoms with Crippen molar-refractivity contribution in [3.8, 4) is 5.75 Å². The fourth-order valence-corrected chi connectivity index (χ4v) is 2.51. The minimum absolute atomic E-state index is 0.119. The highest BCUT2D eigenvalue weighted by Crippen LogP contribution is 2.16. The van der Waals surface area contributed by atoms with E-state index in [9.17, 15) is 9.59 Å². The van der Waals surface area contributed by atoms with Gasteiger partial charge in [0.1, 0.15) is 12.4 Å². The molecule has 0 saturated heterocycles. The van der Waals surface area contributed by atoms with Crippen LogP contribution in [-0.2, 0) is 14.3 Å². The second kappa shape index (κ2) is 10.3. The van der Waals surface area contributed by atoms with E-state index in [1.54, 1.807) is 24.3 Å². The van der Waals surface area contributed by atoms with Gasteiger partial charge in [-0.2, -0.15) is 0 Å². The van der Waals surface area contributed by atoms with Crippen LogP contribution in [0.2, 0.25) is 0 Å². The molecular weight excluding hydrogens is 346 g/mol. The third-order valence-electron chi connectivity index (χ3n) is 3.61. The minimum Gasteiger partial charge on any atom is -0.484 e. The van der Waals surface area contributed by atoms with E-state index >= 15 is 0 Å². The molecule has 144 valence electrons. The molecule has 0 fully saturated rings. The Kier molecular flexibility index (Phi) is 7.82. The van der Waals surface area contributed by atoms with Crippen LogP contribution in [0.15, 0.2) is 42.5 Å². The summed E-state index contributed by atoms with van der Waals surface area (Å²) in [5, 5.41) is 2.72. The van der Waals surface area contributed by atoms with E-state index in [1.807, 2.05) is 39.0 Å². The number of hydrogen-bond donors (Lipinski definition) is 1. The summed E-state index contributed by atoms with van der Waals surface area (Å²) in [5.41, 5.74) is 3.00. The van der Waals surface area contributed by atoms with E-state index < -0.39 is 5.97 Å². The van der Waals surface area contributed by atoms with E-state index in [0.717, 1.165) is 11.1 Å². The Hall–Kier alpha value is -2.86. The predicted octanol–water partition coefficient (Wildman–Crippen LogP) is 3.51. The molecule has 0 radical (unpaired) electrons. The molecule has 1 N–H and O–H groups in total. The van der Waals surface area contributed by atoms with E-state index in [4.69, 9.17) is 14.2 Å². The van der Waals surface area contributed by atoms with Gasteiger partial charge in [0.05, 0.1) is 12.2 Å². The predicted molar refractivity (Wildman–Crippen MR) is 103 cm³/mol. The van der Waals surface area contributed by atoms with Gasteiger partial charge in [0.15, 0.2) is 6.61 Å². The molecule has 6 nitrogen and oxygen atoms in total. The van der Waals surface area contributed by atoms with Crippen molar-refractivity contribution in [1.29, 1.82) is 0 Å². The molecule has 2 rings (SSSR count). The van der Waals surface area contributed by atoms with Gasteiger partial charge in [-0.05, 0) is 62.2 Å². The molecule has 27 heavy (non-hydrogen) atoms. The lowest BCUT2D eigenvalue weighted by molar-refractivity contribution is -0.118. The van der Waals surface area contributed by atoms with Crippen LogP contribution in [0.3, 0.4) is 0 Å². The van der Waals surface area contributed by atoms with Crippen molar-refractivity contribution >= 4 is 17.6 Å². The number of esters is 1. The average Bonchev–Trinajstić information content (AvgIpc) is 2.63. The van der Waals surface area contributed by atoms with Gasteiger partial charge in [0.2, 0.25) is 0 Å². The molecule has 0 heterocycles. The highest BCUT2D eigenvalue weighted by atomic mass is 16.6. The monoisotopic (exact) mass is 371 g/mol. The lowest BCUT2D eigenvalue weighted by atomic mass is 10.1. The Morgan fingerprint density at radius 1 is 1.00 bits per heavy atom. The van der Waals surface area contributed by atoms with Gasteiger partial charge in [-0.15, -0.1) is 0 Å². The van der Waals surface area contributed by atoms with Crippen molar-refractivity contribution in [3.63, 3.8) is 0 Å². The summed E-state index contributed by atoms with van der Waals surface area (Å²) >= 11 is 0.